The van der Waals surface area contributed by atoms with Crippen molar-refractivity contribution in [2.45, 2.75) is 18.7 Å². The average molecular weight is 298 g/mol. The normalized spacial score (nSPS) is 11.3. The quantitative estimate of drug-likeness (QED) is 0.883. The van der Waals surface area contributed by atoms with Crippen LogP contribution in [0.5, 0.6) is 0 Å². The van der Waals surface area contributed by atoms with Crippen LogP contribution < -0.4 is 10.0 Å². The number of benzene rings is 1. The van der Waals surface area contributed by atoms with E-state index >= 15 is 0 Å². The van der Waals surface area contributed by atoms with Crippen molar-refractivity contribution in [3.8, 4) is 0 Å². The molecule has 0 amide bonds. The van der Waals surface area contributed by atoms with Crippen LogP contribution in [-0.4, -0.2) is 25.2 Å². The third-order valence-electron chi connectivity index (χ3n) is 2.29. The lowest BCUT2D eigenvalue weighted by atomic mass is 10.3. The van der Waals surface area contributed by atoms with Crippen molar-refractivity contribution in [3.63, 3.8) is 0 Å². The first-order chi connectivity index (χ1) is 9.03. The summed E-state index contributed by atoms with van der Waals surface area (Å²) in [6.45, 7) is 4.32. The Balaban J connectivity index is 2.34. The highest BCUT2D eigenvalue weighted by Gasteiger charge is 2.19. The third kappa shape index (κ3) is 3.21. The lowest BCUT2D eigenvalue weighted by Crippen LogP contribution is -2.15. The molecule has 0 aliphatic heterocycles. The molecule has 2 rings (SSSR count). The molecule has 19 heavy (non-hydrogen) atoms. The second-order valence-corrected chi connectivity index (χ2v) is 6.59. The van der Waals surface area contributed by atoms with E-state index in [1.165, 1.54) is 11.3 Å². The zero-order chi connectivity index (χ0) is 13.9. The summed E-state index contributed by atoms with van der Waals surface area (Å²) in [6.07, 6.45) is 0. The van der Waals surface area contributed by atoms with Gasteiger partial charge in [0.1, 0.15) is 9.90 Å². The minimum Gasteiger partial charge on any atom is -0.384 e. The van der Waals surface area contributed by atoms with Crippen molar-refractivity contribution in [3.05, 3.63) is 29.3 Å². The van der Waals surface area contributed by atoms with Crippen LogP contribution in [0.2, 0.25) is 0 Å². The molecule has 8 heteroatoms. The van der Waals surface area contributed by atoms with Gasteiger partial charge in [0.25, 0.3) is 10.0 Å². The van der Waals surface area contributed by atoms with E-state index in [-0.39, 0.29) is 10.0 Å². The molecule has 1 heterocycles. The highest BCUT2D eigenvalue weighted by molar-refractivity contribution is 7.93. The molecule has 0 spiro atoms. The summed E-state index contributed by atoms with van der Waals surface area (Å²) in [7, 11) is -3.66. The number of aromatic nitrogens is 2. The fourth-order valence-corrected chi connectivity index (χ4v) is 3.55. The van der Waals surface area contributed by atoms with Crippen LogP contribution in [0.15, 0.2) is 29.2 Å². The molecule has 0 bridgehead atoms. The van der Waals surface area contributed by atoms with Gasteiger partial charge in [-0.25, -0.2) is 8.42 Å². The fraction of sp³-hybridized carbons (Fsp3) is 0.273. The average Bonchev–Trinajstić information content (AvgIpc) is 2.75. The molecule has 0 fully saturated rings. The Bertz CT molecular complexity index is 667. The van der Waals surface area contributed by atoms with E-state index in [4.69, 9.17) is 0 Å². The Morgan fingerprint density at radius 2 is 2.00 bits per heavy atom. The number of nitrogens with one attached hydrogen (secondary N) is 2. The second-order valence-electron chi connectivity index (χ2n) is 3.76. The molecule has 0 radical (unpaired) electrons. The van der Waals surface area contributed by atoms with Crippen molar-refractivity contribution in [1.29, 1.82) is 0 Å². The number of nitrogens with zero attached hydrogens (tertiary/aromatic N) is 2. The number of rotatable bonds is 5. The largest absolute Gasteiger partial charge is 0.384 e. The molecule has 0 saturated carbocycles. The van der Waals surface area contributed by atoms with Gasteiger partial charge in [-0.3, -0.25) is 4.72 Å². The minimum absolute atomic E-state index is 0.199. The number of hydrogen-bond acceptors (Lipinski definition) is 6. The van der Waals surface area contributed by atoms with Crippen molar-refractivity contribution in [2.24, 2.45) is 0 Å². The van der Waals surface area contributed by atoms with Gasteiger partial charge in [-0.15, -0.1) is 10.2 Å². The van der Waals surface area contributed by atoms with Gasteiger partial charge >= 0.3 is 0 Å². The summed E-state index contributed by atoms with van der Waals surface area (Å²) in [4.78, 5) is 0.199. The molecular formula is C11H14N4O2S2. The van der Waals surface area contributed by atoms with E-state index in [0.717, 1.165) is 0 Å². The summed E-state index contributed by atoms with van der Waals surface area (Å²) in [5.41, 5.74) is 0.568. The Kier molecular flexibility index (Phi) is 4.01. The molecule has 0 aliphatic carbocycles. The Hall–Kier alpha value is -1.67. The second kappa shape index (κ2) is 5.54. The van der Waals surface area contributed by atoms with Crippen LogP contribution in [-0.2, 0) is 10.0 Å². The van der Waals surface area contributed by atoms with Crippen molar-refractivity contribution < 1.29 is 8.42 Å². The summed E-state index contributed by atoms with van der Waals surface area (Å²) in [5, 5.41) is 11.5. The van der Waals surface area contributed by atoms with E-state index in [1.54, 1.807) is 31.2 Å². The zero-order valence-corrected chi connectivity index (χ0v) is 12.2. The fourth-order valence-electron chi connectivity index (χ4n) is 1.55. The van der Waals surface area contributed by atoms with E-state index in [1.807, 2.05) is 6.92 Å². The first kappa shape index (κ1) is 13.8. The van der Waals surface area contributed by atoms with Crippen molar-refractivity contribution in [1.82, 2.24) is 10.2 Å². The molecule has 1 aromatic carbocycles. The minimum atomic E-state index is -3.66. The Morgan fingerprint density at radius 1 is 1.26 bits per heavy atom. The van der Waals surface area contributed by atoms with Gasteiger partial charge in [0.15, 0.2) is 0 Å². The molecule has 0 saturated heterocycles. The van der Waals surface area contributed by atoms with Crippen LogP contribution in [0.3, 0.4) is 0 Å². The molecular weight excluding hydrogens is 284 g/mol. The first-order valence-electron chi connectivity index (χ1n) is 5.69. The first-order valence-corrected chi connectivity index (χ1v) is 7.98. The van der Waals surface area contributed by atoms with E-state index in [9.17, 15) is 8.42 Å². The van der Waals surface area contributed by atoms with E-state index in [0.29, 0.717) is 17.2 Å². The molecule has 102 valence electrons. The highest BCUT2D eigenvalue weighted by atomic mass is 32.2. The van der Waals surface area contributed by atoms with Gasteiger partial charge < -0.3 is 5.32 Å². The van der Waals surface area contributed by atoms with Gasteiger partial charge in [-0.05, 0) is 26.0 Å². The number of sulfonamides is 1. The molecule has 0 aliphatic rings. The lowest BCUT2D eigenvalue weighted by molar-refractivity contribution is 0.601. The number of anilines is 2. The predicted molar refractivity (Wildman–Crippen MR) is 76.1 cm³/mol. The monoisotopic (exact) mass is 298 g/mol. The molecule has 0 atom stereocenters. The standard InChI is InChI=1S/C11H14N4O2S2/c1-3-12-9-6-4-5-7-10(9)19(16,17)15-11-14-13-8(2)18-11/h4-7,12H,3H2,1-2H3,(H,14,15). The summed E-state index contributed by atoms with van der Waals surface area (Å²) in [5.74, 6) is 0. The van der Waals surface area contributed by atoms with Gasteiger partial charge in [0.05, 0.1) is 5.69 Å². The molecule has 2 aromatic rings. The van der Waals surface area contributed by atoms with Gasteiger partial charge in [-0.2, -0.15) is 0 Å². The SMILES string of the molecule is CCNc1ccccc1S(=O)(=O)Nc1nnc(C)s1. The Morgan fingerprint density at radius 3 is 2.63 bits per heavy atom. The smallest absolute Gasteiger partial charge is 0.265 e. The summed E-state index contributed by atoms with van der Waals surface area (Å²) < 4.78 is 27.0. The number of hydrogen-bond donors (Lipinski definition) is 2. The van der Waals surface area contributed by atoms with E-state index in [2.05, 4.69) is 20.2 Å². The maximum absolute atomic E-state index is 12.3. The lowest BCUT2D eigenvalue weighted by Gasteiger charge is -2.11. The van der Waals surface area contributed by atoms with Gasteiger partial charge in [-0.1, -0.05) is 23.5 Å². The zero-order valence-electron chi connectivity index (χ0n) is 10.5. The van der Waals surface area contributed by atoms with Crippen LogP contribution in [0.1, 0.15) is 11.9 Å². The molecule has 6 nitrogen and oxygen atoms in total. The third-order valence-corrected chi connectivity index (χ3v) is 4.57. The van der Waals surface area contributed by atoms with Crippen LogP contribution in [0.25, 0.3) is 0 Å². The van der Waals surface area contributed by atoms with Gasteiger partial charge in [0.2, 0.25) is 5.13 Å². The van der Waals surface area contributed by atoms with E-state index < -0.39 is 10.0 Å². The van der Waals surface area contributed by atoms with Crippen LogP contribution in [0.4, 0.5) is 10.8 Å². The maximum Gasteiger partial charge on any atom is 0.265 e. The maximum atomic E-state index is 12.3. The highest BCUT2D eigenvalue weighted by Crippen LogP contribution is 2.24. The number of para-hydroxylation sites is 1. The van der Waals surface area contributed by atoms with Crippen LogP contribution in [0, 0.1) is 6.92 Å². The number of aryl methyl sites for hydroxylation is 1. The molecule has 2 N–H and O–H groups in total. The van der Waals surface area contributed by atoms with Crippen molar-refractivity contribution >= 4 is 32.2 Å². The predicted octanol–water partition coefficient (Wildman–Crippen LogP) is 2.08. The molecule has 1 aromatic heterocycles. The van der Waals surface area contributed by atoms with Crippen LogP contribution >= 0.6 is 11.3 Å². The van der Waals surface area contributed by atoms with Crippen molar-refractivity contribution in [2.75, 3.05) is 16.6 Å². The summed E-state index contributed by atoms with van der Waals surface area (Å²) in [6, 6.07) is 6.74. The van der Waals surface area contributed by atoms with Gasteiger partial charge in [0, 0.05) is 6.54 Å². The Labute approximate surface area is 115 Å². The molecule has 0 unspecified atom stereocenters. The summed E-state index contributed by atoms with van der Waals surface area (Å²) >= 11 is 1.20. The topological polar surface area (TPSA) is 84.0 Å².